The second-order valence-corrected chi connectivity index (χ2v) is 7.68. The van der Waals surface area contributed by atoms with Gasteiger partial charge < -0.3 is 14.7 Å². The Balaban J connectivity index is 1.77. The van der Waals surface area contributed by atoms with Crippen LogP contribution in [0, 0.1) is 5.92 Å². The molecule has 0 radical (unpaired) electrons. The first-order valence-corrected chi connectivity index (χ1v) is 9.09. The van der Waals surface area contributed by atoms with Crippen LogP contribution in [0.2, 0.25) is 0 Å². The number of rotatable bonds is 5. The molecular weight excluding hydrogens is 274 g/mol. The van der Waals surface area contributed by atoms with Gasteiger partial charge in [0.25, 0.3) is 0 Å². The summed E-state index contributed by atoms with van der Waals surface area (Å²) in [6.07, 6.45) is 9.03. The summed E-state index contributed by atoms with van der Waals surface area (Å²) < 4.78 is 0. The van der Waals surface area contributed by atoms with Crippen LogP contribution in [0.25, 0.3) is 0 Å². The van der Waals surface area contributed by atoms with Crippen molar-refractivity contribution in [1.82, 2.24) is 14.7 Å². The van der Waals surface area contributed by atoms with Gasteiger partial charge in [-0.1, -0.05) is 0 Å². The zero-order chi connectivity index (χ0) is 16.1. The average molecular weight is 309 g/mol. The third-order valence-corrected chi connectivity index (χ3v) is 5.81. The predicted octanol–water partition coefficient (Wildman–Crippen LogP) is 2.44. The summed E-state index contributed by atoms with van der Waals surface area (Å²) in [5, 5.41) is 0. The molecule has 0 aromatic heterocycles. The van der Waals surface area contributed by atoms with Gasteiger partial charge in [0.05, 0.1) is 0 Å². The highest BCUT2D eigenvalue weighted by atomic mass is 16.2. The van der Waals surface area contributed by atoms with E-state index in [2.05, 4.69) is 23.9 Å². The molecule has 0 N–H and O–H groups in total. The highest BCUT2D eigenvalue weighted by Gasteiger charge is 2.31. The lowest BCUT2D eigenvalue weighted by molar-refractivity contribution is -0.130. The fourth-order valence-electron chi connectivity index (χ4n) is 4.13. The van der Waals surface area contributed by atoms with Gasteiger partial charge >= 0.3 is 0 Å². The minimum atomic E-state index is 0.216. The van der Waals surface area contributed by atoms with Crippen molar-refractivity contribution in [2.24, 2.45) is 5.92 Å². The Morgan fingerprint density at radius 3 is 2.36 bits per heavy atom. The van der Waals surface area contributed by atoms with Crippen LogP contribution >= 0.6 is 0 Å². The van der Waals surface area contributed by atoms with Gasteiger partial charge in [-0.05, 0) is 84.6 Å². The number of hydrogen-bond acceptors (Lipinski definition) is 3. The van der Waals surface area contributed by atoms with Crippen molar-refractivity contribution >= 4 is 5.91 Å². The van der Waals surface area contributed by atoms with E-state index in [1.165, 1.54) is 64.6 Å². The third kappa shape index (κ3) is 4.95. The summed E-state index contributed by atoms with van der Waals surface area (Å²) in [4.78, 5) is 18.6. The third-order valence-electron chi connectivity index (χ3n) is 5.81. The van der Waals surface area contributed by atoms with Crippen LogP contribution in [0.5, 0.6) is 0 Å². The maximum absolute atomic E-state index is 11.6. The minimum Gasteiger partial charge on any atom is -0.343 e. The predicted molar refractivity (Wildman–Crippen MR) is 92.0 cm³/mol. The van der Waals surface area contributed by atoms with Gasteiger partial charge in [-0.2, -0.15) is 0 Å². The first-order chi connectivity index (χ1) is 10.5. The second-order valence-electron chi connectivity index (χ2n) is 7.68. The van der Waals surface area contributed by atoms with Crippen molar-refractivity contribution in [3.8, 4) is 0 Å². The second kappa shape index (κ2) is 8.30. The van der Waals surface area contributed by atoms with Crippen molar-refractivity contribution < 1.29 is 4.79 Å². The molecule has 2 atom stereocenters. The molecule has 1 heterocycles. The largest absolute Gasteiger partial charge is 0.343 e. The number of likely N-dealkylation sites (tertiary alicyclic amines) is 1. The van der Waals surface area contributed by atoms with E-state index >= 15 is 0 Å². The van der Waals surface area contributed by atoms with E-state index in [1.54, 1.807) is 6.92 Å². The van der Waals surface area contributed by atoms with Gasteiger partial charge in [-0.15, -0.1) is 0 Å². The van der Waals surface area contributed by atoms with E-state index in [1.807, 2.05) is 11.9 Å². The number of piperidine rings is 1. The van der Waals surface area contributed by atoms with Crippen molar-refractivity contribution in [3.05, 3.63) is 0 Å². The summed E-state index contributed by atoms with van der Waals surface area (Å²) in [6.45, 7) is 5.44. The first kappa shape index (κ1) is 17.7. The molecule has 4 heteroatoms. The van der Waals surface area contributed by atoms with E-state index in [-0.39, 0.29) is 5.91 Å². The maximum atomic E-state index is 11.6. The molecule has 2 aliphatic rings. The summed E-state index contributed by atoms with van der Waals surface area (Å²) >= 11 is 0. The van der Waals surface area contributed by atoms with Crippen LogP contribution in [0.1, 0.15) is 51.9 Å². The molecule has 2 fully saturated rings. The normalized spacial score (nSPS) is 28.0. The fraction of sp³-hybridized carbons (Fsp3) is 0.944. The molecule has 22 heavy (non-hydrogen) atoms. The molecule has 1 saturated heterocycles. The monoisotopic (exact) mass is 309 g/mol. The summed E-state index contributed by atoms with van der Waals surface area (Å²) in [5.74, 6) is 1.13. The van der Waals surface area contributed by atoms with Gasteiger partial charge in [0.1, 0.15) is 0 Å². The molecule has 1 aliphatic heterocycles. The van der Waals surface area contributed by atoms with Crippen molar-refractivity contribution in [2.75, 3.05) is 40.8 Å². The van der Waals surface area contributed by atoms with Crippen LogP contribution in [-0.2, 0) is 4.79 Å². The SMILES string of the molecule is CC(=O)N(C)C1CCC[C@H](N2CCC(CCN(C)C)CC2)C1. The Hall–Kier alpha value is -0.610. The summed E-state index contributed by atoms with van der Waals surface area (Å²) in [5.41, 5.74) is 0. The molecule has 4 nitrogen and oxygen atoms in total. The zero-order valence-corrected chi connectivity index (χ0v) is 15.1. The highest BCUT2D eigenvalue weighted by Crippen LogP contribution is 2.30. The van der Waals surface area contributed by atoms with Crippen LogP contribution in [-0.4, -0.2) is 73.5 Å². The van der Waals surface area contributed by atoms with Crippen molar-refractivity contribution in [1.29, 1.82) is 0 Å². The molecule has 0 spiro atoms. The average Bonchev–Trinajstić information content (AvgIpc) is 2.52. The molecule has 0 aromatic rings. The summed E-state index contributed by atoms with van der Waals surface area (Å²) in [7, 11) is 6.31. The Kier molecular flexibility index (Phi) is 6.69. The Morgan fingerprint density at radius 2 is 1.77 bits per heavy atom. The van der Waals surface area contributed by atoms with Gasteiger partial charge in [0, 0.05) is 26.1 Å². The molecule has 1 unspecified atom stereocenters. The molecule has 1 saturated carbocycles. The maximum Gasteiger partial charge on any atom is 0.219 e. The lowest BCUT2D eigenvalue weighted by Gasteiger charge is -2.43. The molecule has 0 bridgehead atoms. The van der Waals surface area contributed by atoms with Gasteiger partial charge in [-0.3, -0.25) is 4.79 Å². The first-order valence-electron chi connectivity index (χ1n) is 9.09. The van der Waals surface area contributed by atoms with E-state index < -0.39 is 0 Å². The van der Waals surface area contributed by atoms with Crippen LogP contribution in [0.4, 0.5) is 0 Å². The topological polar surface area (TPSA) is 26.8 Å². The van der Waals surface area contributed by atoms with E-state index in [0.29, 0.717) is 12.1 Å². The lowest BCUT2D eigenvalue weighted by atomic mass is 9.86. The quantitative estimate of drug-likeness (QED) is 0.780. The molecule has 1 amide bonds. The van der Waals surface area contributed by atoms with Gasteiger partial charge in [0.2, 0.25) is 5.91 Å². The van der Waals surface area contributed by atoms with Crippen molar-refractivity contribution in [2.45, 2.75) is 64.0 Å². The van der Waals surface area contributed by atoms with Crippen LogP contribution < -0.4 is 0 Å². The van der Waals surface area contributed by atoms with E-state index in [0.717, 1.165) is 5.92 Å². The zero-order valence-electron chi connectivity index (χ0n) is 15.1. The van der Waals surface area contributed by atoms with E-state index in [4.69, 9.17) is 0 Å². The standard InChI is InChI=1S/C18H35N3O/c1-15(22)20(4)17-6-5-7-18(14-17)21-12-9-16(10-13-21)8-11-19(2)3/h16-18H,5-14H2,1-4H3/t17?,18-/m0/s1. The number of carbonyl (C=O) groups is 1. The smallest absolute Gasteiger partial charge is 0.219 e. The lowest BCUT2D eigenvalue weighted by Crippen LogP contribution is -2.48. The summed E-state index contributed by atoms with van der Waals surface area (Å²) in [6, 6.07) is 1.16. The van der Waals surface area contributed by atoms with E-state index in [9.17, 15) is 4.79 Å². The Bertz CT molecular complexity index is 350. The molecule has 0 aromatic carbocycles. The fourth-order valence-corrected chi connectivity index (χ4v) is 4.13. The number of hydrogen-bond donors (Lipinski definition) is 0. The number of nitrogens with zero attached hydrogens (tertiary/aromatic N) is 3. The van der Waals surface area contributed by atoms with Gasteiger partial charge in [0.15, 0.2) is 0 Å². The Labute approximate surface area is 136 Å². The highest BCUT2D eigenvalue weighted by molar-refractivity contribution is 5.73. The number of amides is 1. The number of carbonyl (C=O) groups excluding carboxylic acids is 1. The van der Waals surface area contributed by atoms with Gasteiger partial charge in [-0.25, -0.2) is 0 Å². The minimum absolute atomic E-state index is 0.216. The molecular formula is C18H35N3O. The van der Waals surface area contributed by atoms with Crippen LogP contribution in [0.3, 0.4) is 0 Å². The molecule has 2 rings (SSSR count). The molecule has 128 valence electrons. The van der Waals surface area contributed by atoms with Crippen molar-refractivity contribution in [3.63, 3.8) is 0 Å². The Morgan fingerprint density at radius 1 is 1.09 bits per heavy atom. The van der Waals surface area contributed by atoms with Crippen LogP contribution in [0.15, 0.2) is 0 Å². The molecule has 1 aliphatic carbocycles.